The van der Waals surface area contributed by atoms with E-state index in [1.807, 2.05) is 37.3 Å². The molecule has 7 nitrogen and oxygen atoms in total. The number of para-hydroxylation sites is 1. The lowest BCUT2D eigenvalue weighted by atomic mass is 9.98. The molecule has 2 aliphatic rings. The third-order valence-corrected chi connectivity index (χ3v) is 7.48. The molecule has 0 saturated heterocycles. The molecular weight excluding hydrogens is 442 g/mol. The van der Waals surface area contributed by atoms with Crippen LogP contribution in [-0.4, -0.2) is 78.3 Å². The molecule has 2 aromatic rings. The molecule has 35 heavy (non-hydrogen) atoms. The smallest absolute Gasteiger partial charge is 0.259 e. The summed E-state index contributed by atoms with van der Waals surface area (Å²) in [6, 6.07) is 9.23. The van der Waals surface area contributed by atoms with E-state index < -0.39 is 0 Å². The number of nitrogens with zero attached hydrogens (tertiary/aromatic N) is 3. The van der Waals surface area contributed by atoms with Crippen LogP contribution >= 0.6 is 0 Å². The first-order chi connectivity index (χ1) is 16.9. The number of hydrogen-bond donors (Lipinski definition) is 1. The summed E-state index contributed by atoms with van der Waals surface area (Å²) >= 11 is 0. The summed E-state index contributed by atoms with van der Waals surface area (Å²) < 4.78 is 12.0. The van der Waals surface area contributed by atoms with Crippen LogP contribution in [0.5, 0.6) is 11.6 Å². The number of amides is 1. The summed E-state index contributed by atoms with van der Waals surface area (Å²) in [6.07, 6.45) is 6.89. The van der Waals surface area contributed by atoms with Crippen molar-refractivity contribution in [1.29, 1.82) is 0 Å². The zero-order valence-electron chi connectivity index (χ0n) is 21.4. The van der Waals surface area contributed by atoms with E-state index in [4.69, 9.17) is 9.47 Å². The molecule has 7 heteroatoms. The van der Waals surface area contributed by atoms with Crippen LogP contribution in [0.4, 0.5) is 0 Å². The van der Waals surface area contributed by atoms with E-state index in [1.54, 1.807) is 18.2 Å². The SMILES string of the molecule is COc1ccccc1-c1cnc2c(c1)C(=O)N([C@H](C)CO)C[C@@H](C)[C@@H](CN(C)CC1CCCC1)O2. The summed E-state index contributed by atoms with van der Waals surface area (Å²) in [5.41, 5.74) is 2.07. The zero-order valence-corrected chi connectivity index (χ0v) is 21.4. The average Bonchev–Trinajstić information content (AvgIpc) is 3.38. The molecule has 1 saturated carbocycles. The van der Waals surface area contributed by atoms with Crippen LogP contribution in [-0.2, 0) is 0 Å². The highest BCUT2D eigenvalue weighted by Crippen LogP contribution is 2.34. The lowest BCUT2D eigenvalue weighted by molar-refractivity contribution is 0.0320. The summed E-state index contributed by atoms with van der Waals surface area (Å²) in [7, 11) is 3.79. The minimum atomic E-state index is -0.303. The number of methoxy groups -OCH3 is 1. The third-order valence-electron chi connectivity index (χ3n) is 7.48. The van der Waals surface area contributed by atoms with Crippen LogP contribution < -0.4 is 9.47 Å². The van der Waals surface area contributed by atoms with Crippen molar-refractivity contribution in [2.75, 3.05) is 40.4 Å². The van der Waals surface area contributed by atoms with E-state index >= 15 is 0 Å². The number of aliphatic hydroxyl groups excluding tert-OH is 1. The molecule has 3 atom stereocenters. The highest BCUT2D eigenvalue weighted by molar-refractivity contribution is 5.98. The summed E-state index contributed by atoms with van der Waals surface area (Å²) in [4.78, 5) is 22.4. The second kappa shape index (κ2) is 11.4. The lowest BCUT2D eigenvalue weighted by Gasteiger charge is -2.38. The number of hydrogen-bond acceptors (Lipinski definition) is 6. The second-order valence-electron chi connectivity index (χ2n) is 10.3. The molecule has 1 aliphatic heterocycles. The van der Waals surface area contributed by atoms with Crippen molar-refractivity contribution in [3.8, 4) is 22.8 Å². The van der Waals surface area contributed by atoms with Crippen molar-refractivity contribution >= 4 is 5.91 Å². The van der Waals surface area contributed by atoms with E-state index in [0.29, 0.717) is 23.7 Å². The van der Waals surface area contributed by atoms with Crippen LogP contribution in [0.3, 0.4) is 0 Å². The van der Waals surface area contributed by atoms with Gasteiger partial charge in [-0.25, -0.2) is 4.98 Å². The molecule has 1 aromatic heterocycles. The van der Waals surface area contributed by atoms with Crippen molar-refractivity contribution in [2.24, 2.45) is 11.8 Å². The van der Waals surface area contributed by atoms with Gasteiger partial charge in [0.2, 0.25) is 5.88 Å². The molecule has 1 fully saturated rings. The van der Waals surface area contributed by atoms with E-state index in [1.165, 1.54) is 25.7 Å². The molecule has 4 rings (SSSR count). The monoisotopic (exact) mass is 481 g/mol. The molecule has 0 spiro atoms. The van der Waals surface area contributed by atoms with Crippen LogP contribution in [0.15, 0.2) is 36.5 Å². The van der Waals surface area contributed by atoms with Crippen molar-refractivity contribution in [3.63, 3.8) is 0 Å². The topological polar surface area (TPSA) is 75.1 Å². The largest absolute Gasteiger partial charge is 0.496 e. The fourth-order valence-corrected chi connectivity index (χ4v) is 5.37. The minimum absolute atomic E-state index is 0.0859. The first-order valence-electron chi connectivity index (χ1n) is 12.8. The van der Waals surface area contributed by atoms with Crippen molar-refractivity contribution in [3.05, 3.63) is 42.1 Å². The van der Waals surface area contributed by atoms with E-state index in [0.717, 1.165) is 30.1 Å². The Balaban J connectivity index is 1.67. The Hall–Kier alpha value is -2.64. The van der Waals surface area contributed by atoms with Gasteiger partial charge in [-0.1, -0.05) is 38.0 Å². The van der Waals surface area contributed by atoms with Gasteiger partial charge in [0.15, 0.2) is 0 Å². The van der Waals surface area contributed by atoms with Crippen LogP contribution in [0.1, 0.15) is 49.9 Å². The minimum Gasteiger partial charge on any atom is -0.496 e. The van der Waals surface area contributed by atoms with Crippen molar-refractivity contribution in [1.82, 2.24) is 14.8 Å². The first-order valence-corrected chi connectivity index (χ1v) is 12.8. The van der Waals surface area contributed by atoms with Gasteiger partial charge in [-0.2, -0.15) is 0 Å². The normalized spacial score (nSPS) is 21.9. The molecule has 0 bridgehead atoms. The second-order valence-corrected chi connectivity index (χ2v) is 10.3. The molecule has 1 aliphatic carbocycles. The maximum Gasteiger partial charge on any atom is 0.259 e. The predicted octanol–water partition coefficient (Wildman–Crippen LogP) is 4.10. The van der Waals surface area contributed by atoms with E-state index in [2.05, 4.69) is 23.9 Å². The molecule has 0 radical (unpaired) electrons. The average molecular weight is 482 g/mol. The number of rotatable bonds is 8. The summed E-state index contributed by atoms with van der Waals surface area (Å²) in [5.74, 6) is 1.74. The van der Waals surface area contributed by atoms with Crippen molar-refractivity contribution < 1.29 is 19.4 Å². The number of pyridine rings is 1. The van der Waals surface area contributed by atoms with Gasteiger partial charge in [0.1, 0.15) is 17.4 Å². The van der Waals surface area contributed by atoms with Gasteiger partial charge in [0, 0.05) is 42.9 Å². The Morgan fingerprint density at radius 1 is 1.23 bits per heavy atom. The molecule has 1 amide bonds. The van der Waals surface area contributed by atoms with Crippen LogP contribution in [0, 0.1) is 11.8 Å². The fraction of sp³-hybridized carbons (Fsp3) is 0.571. The Labute approximate surface area is 209 Å². The Kier molecular flexibility index (Phi) is 8.29. The fourth-order valence-electron chi connectivity index (χ4n) is 5.37. The number of likely N-dealkylation sites (N-methyl/N-ethyl adjacent to an activating group) is 1. The van der Waals surface area contributed by atoms with Crippen molar-refractivity contribution in [2.45, 2.75) is 51.7 Å². The maximum absolute atomic E-state index is 13.7. The van der Waals surface area contributed by atoms with Gasteiger partial charge >= 0.3 is 0 Å². The maximum atomic E-state index is 13.7. The molecule has 0 unspecified atom stereocenters. The molecule has 2 heterocycles. The first kappa shape index (κ1) is 25.5. The Morgan fingerprint density at radius 2 is 1.97 bits per heavy atom. The van der Waals surface area contributed by atoms with Crippen LogP contribution in [0.2, 0.25) is 0 Å². The quantitative estimate of drug-likeness (QED) is 0.612. The number of aliphatic hydroxyl groups is 1. The number of aromatic nitrogens is 1. The van der Waals surface area contributed by atoms with Gasteiger partial charge in [-0.15, -0.1) is 0 Å². The molecule has 1 N–H and O–H groups in total. The lowest BCUT2D eigenvalue weighted by Crippen LogP contribution is -2.50. The van der Waals surface area contributed by atoms with Gasteiger partial charge in [-0.05, 0) is 44.9 Å². The molecular formula is C28H39N3O4. The van der Waals surface area contributed by atoms with E-state index in [9.17, 15) is 9.90 Å². The number of ether oxygens (including phenoxy) is 2. The number of fused-ring (bicyclic) bond motifs is 1. The molecule has 190 valence electrons. The van der Waals surface area contributed by atoms with Gasteiger partial charge in [0.25, 0.3) is 5.91 Å². The van der Waals surface area contributed by atoms with Crippen LogP contribution in [0.25, 0.3) is 11.1 Å². The standard InChI is InChI=1S/C28H39N3O4/c1-19-15-31(20(2)18-32)28(33)24-13-22(23-11-7-8-12-25(23)34-4)14-29-27(24)35-26(19)17-30(3)16-21-9-5-6-10-21/h7-8,11-14,19-21,26,32H,5-6,9-10,15-18H2,1-4H3/t19-,20-,26-/m1/s1. The summed E-state index contributed by atoms with van der Waals surface area (Å²) in [6.45, 7) is 6.25. The third kappa shape index (κ3) is 5.78. The zero-order chi connectivity index (χ0) is 24.9. The summed E-state index contributed by atoms with van der Waals surface area (Å²) in [5, 5.41) is 9.91. The van der Waals surface area contributed by atoms with Gasteiger partial charge < -0.3 is 24.4 Å². The number of benzene rings is 1. The number of carbonyl (C=O) groups is 1. The van der Waals surface area contributed by atoms with Gasteiger partial charge in [-0.3, -0.25) is 4.79 Å². The van der Waals surface area contributed by atoms with E-state index in [-0.39, 0.29) is 30.6 Å². The highest BCUT2D eigenvalue weighted by atomic mass is 16.5. The van der Waals surface area contributed by atoms with Gasteiger partial charge in [0.05, 0.1) is 19.8 Å². The molecule has 1 aromatic carbocycles. The highest BCUT2D eigenvalue weighted by Gasteiger charge is 2.34. The number of carbonyl (C=O) groups excluding carboxylic acids is 1. The predicted molar refractivity (Wildman–Crippen MR) is 137 cm³/mol. The Bertz CT molecular complexity index is 1010. The Morgan fingerprint density at radius 3 is 2.69 bits per heavy atom.